The first-order valence-corrected chi connectivity index (χ1v) is 7.91. The third-order valence-electron chi connectivity index (χ3n) is 4.54. The molecule has 2 aromatic rings. The molecule has 2 aliphatic rings. The molecular formula is C18H15FN4O2. The molecule has 0 radical (unpaired) electrons. The van der Waals surface area contributed by atoms with Gasteiger partial charge >= 0.3 is 0 Å². The Morgan fingerprint density at radius 2 is 1.76 bits per heavy atom. The number of anilines is 1. The van der Waals surface area contributed by atoms with Gasteiger partial charge in [-0.15, -0.1) is 0 Å². The first-order chi connectivity index (χ1) is 12.1. The largest absolute Gasteiger partial charge is 0.271 e. The maximum Gasteiger partial charge on any atom is 0.263 e. The molecule has 2 aliphatic heterocycles. The number of amides is 2. The third-order valence-corrected chi connectivity index (χ3v) is 4.54. The fraction of sp³-hybridized carbons (Fsp3) is 0.222. The highest BCUT2D eigenvalue weighted by Gasteiger charge is 2.54. The van der Waals surface area contributed by atoms with Crippen molar-refractivity contribution in [3.63, 3.8) is 0 Å². The van der Waals surface area contributed by atoms with Gasteiger partial charge in [-0.25, -0.2) is 9.29 Å². The van der Waals surface area contributed by atoms with Gasteiger partial charge in [0.2, 0.25) is 0 Å². The van der Waals surface area contributed by atoms with Gasteiger partial charge in [-0.1, -0.05) is 29.5 Å². The molecule has 0 bridgehead atoms. The molecule has 0 spiro atoms. The van der Waals surface area contributed by atoms with Crippen molar-refractivity contribution in [1.29, 1.82) is 0 Å². The van der Waals surface area contributed by atoms with Crippen molar-refractivity contribution in [2.24, 2.45) is 10.3 Å². The Morgan fingerprint density at radius 1 is 1.04 bits per heavy atom. The maximum atomic E-state index is 13.1. The molecule has 2 heterocycles. The fourth-order valence-corrected chi connectivity index (χ4v) is 3.16. The smallest absolute Gasteiger partial charge is 0.263 e. The van der Waals surface area contributed by atoms with E-state index in [1.807, 2.05) is 31.2 Å². The lowest BCUT2D eigenvalue weighted by Gasteiger charge is -2.21. The summed E-state index contributed by atoms with van der Waals surface area (Å²) in [5.74, 6) is -1.25. The van der Waals surface area contributed by atoms with Crippen LogP contribution in [0.2, 0.25) is 0 Å². The Balaban J connectivity index is 1.62. The number of hydrogen-bond donors (Lipinski definition) is 0. The highest BCUT2D eigenvalue weighted by atomic mass is 19.1. The van der Waals surface area contributed by atoms with Crippen molar-refractivity contribution >= 4 is 17.5 Å². The van der Waals surface area contributed by atoms with E-state index in [0.717, 1.165) is 16.0 Å². The Kier molecular flexibility index (Phi) is 3.56. The molecule has 0 aromatic heterocycles. The van der Waals surface area contributed by atoms with Crippen LogP contribution in [0, 0.1) is 12.7 Å². The van der Waals surface area contributed by atoms with Gasteiger partial charge < -0.3 is 0 Å². The highest BCUT2D eigenvalue weighted by Crippen LogP contribution is 2.33. The Morgan fingerprint density at radius 3 is 2.48 bits per heavy atom. The van der Waals surface area contributed by atoms with Gasteiger partial charge in [0.15, 0.2) is 12.1 Å². The van der Waals surface area contributed by atoms with E-state index in [0.29, 0.717) is 12.2 Å². The number of nitrogens with zero attached hydrogens (tertiary/aromatic N) is 4. The van der Waals surface area contributed by atoms with E-state index < -0.39 is 23.8 Å². The average molecular weight is 338 g/mol. The molecule has 0 aliphatic carbocycles. The van der Waals surface area contributed by atoms with Crippen LogP contribution in [0.5, 0.6) is 0 Å². The Bertz CT molecular complexity index is 881. The molecule has 0 saturated carbocycles. The van der Waals surface area contributed by atoms with Gasteiger partial charge in [-0.3, -0.25) is 14.6 Å². The monoisotopic (exact) mass is 338 g/mol. The van der Waals surface area contributed by atoms with Crippen LogP contribution in [0.3, 0.4) is 0 Å². The van der Waals surface area contributed by atoms with E-state index >= 15 is 0 Å². The predicted molar refractivity (Wildman–Crippen MR) is 88.0 cm³/mol. The van der Waals surface area contributed by atoms with Crippen molar-refractivity contribution < 1.29 is 14.0 Å². The average Bonchev–Trinajstić information content (AvgIpc) is 3.12. The van der Waals surface area contributed by atoms with E-state index in [4.69, 9.17) is 0 Å². The zero-order chi connectivity index (χ0) is 17.6. The van der Waals surface area contributed by atoms with Crippen LogP contribution in [0.4, 0.5) is 10.1 Å². The van der Waals surface area contributed by atoms with Crippen molar-refractivity contribution in [2.45, 2.75) is 25.6 Å². The van der Waals surface area contributed by atoms with Gasteiger partial charge in [0.05, 0.1) is 12.2 Å². The SMILES string of the molecule is Cc1ccccc1CN1N=N[C@H]2C(=O)N(c3ccc(F)cc3)C(=O)[C@H]21. The lowest BCUT2D eigenvalue weighted by molar-refractivity contribution is -0.123. The number of halogens is 1. The van der Waals surface area contributed by atoms with Gasteiger partial charge in [-0.05, 0) is 42.3 Å². The van der Waals surface area contributed by atoms with Crippen LogP contribution < -0.4 is 4.90 Å². The number of rotatable bonds is 3. The number of carbonyl (C=O) groups is 2. The fourth-order valence-electron chi connectivity index (χ4n) is 3.16. The van der Waals surface area contributed by atoms with Crippen LogP contribution in [-0.2, 0) is 16.1 Å². The molecule has 1 fully saturated rings. The molecule has 6 nitrogen and oxygen atoms in total. The van der Waals surface area contributed by atoms with Crippen molar-refractivity contribution in [3.05, 3.63) is 65.5 Å². The first kappa shape index (κ1) is 15.4. The Hall–Kier alpha value is -3.09. The quantitative estimate of drug-likeness (QED) is 0.808. The van der Waals surface area contributed by atoms with Crippen LogP contribution in [-0.4, -0.2) is 28.9 Å². The van der Waals surface area contributed by atoms with E-state index in [2.05, 4.69) is 10.3 Å². The summed E-state index contributed by atoms with van der Waals surface area (Å²) in [5, 5.41) is 9.58. The van der Waals surface area contributed by atoms with E-state index in [9.17, 15) is 14.0 Å². The minimum atomic E-state index is -0.846. The van der Waals surface area contributed by atoms with Crippen LogP contribution >= 0.6 is 0 Å². The van der Waals surface area contributed by atoms with E-state index in [1.54, 1.807) is 5.01 Å². The minimum absolute atomic E-state index is 0.344. The molecule has 1 saturated heterocycles. The summed E-state index contributed by atoms with van der Waals surface area (Å²) in [6.07, 6.45) is 0. The zero-order valence-electron chi connectivity index (χ0n) is 13.5. The highest BCUT2D eigenvalue weighted by molar-refractivity contribution is 6.25. The molecule has 2 aromatic carbocycles. The van der Waals surface area contributed by atoms with E-state index in [1.165, 1.54) is 24.3 Å². The van der Waals surface area contributed by atoms with Crippen molar-refractivity contribution in [1.82, 2.24) is 5.01 Å². The van der Waals surface area contributed by atoms with Crippen LogP contribution in [0.1, 0.15) is 11.1 Å². The van der Waals surface area contributed by atoms with Crippen LogP contribution in [0.25, 0.3) is 0 Å². The number of fused-ring (bicyclic) bond motifs is 1. The van der Waals surface area contributed by atoms with Gasteiger partial charge in [-0.2, -0.15) is 5.11 Å². The summed E-state index contributed by atoms with van der Waals surface area (Å²) in [5.41, 5.74) is 2.44. The van der Waals surface area contributed by atoms with Gasteiger partial charge in [0.25, 0.3) is 11.8 Å². The first-order valence-electron chi connectivity index (χ1n) is 7.91. The third kappa shape index (κ3) is 2.48. The number of aryl methyl sites for hydroxylation is 1. The lowest BCUT2D eigenvalue weighted by atomic mass is 10.1. The van der Waals surface area contributed by atoms with Crippen LogP contribution in [0.15, 0.2) is 58.9 Å². The molecular weight excluding hydrogens is 323 g/mol. The molecule has 126 valence electrons. The van der Waals surface area contributed by atoms with Gasteiger partial charge in [0, 0.05) is 0 Å². The number of hydrogen-bond acceptors (Lipinski definition) is 5. The standard InChI is InChI=1S/C18H15FN4O2/c1-11-4-2-3-5-12(11)10-22-16-15(20-21-22)17(24)23(18(16)25)14-8-6-13(19)7-9-14/h2-9,15-16H,10H2,1H3/t15-,16+/m1/s1. The number of benzene rings is 2. The molecule has 25 heavy (non-hydrogen) atoms. The summed E-state index contributed by atoms with van der Waals surface area (Å²) in [6, 6.07) is 11.5. The zero-order valence-corrected chi connectivity index (χ0v) is 13.5. The summed E-state index contributed by atoms with van der Waals surface area (Å²) >= 11 is 0. The second-order valence-electron chi connectivity index (χ2n) is 6.11. The predicted octanol–water partition coefficient (Wildman–Crippen LogP) is 2.63. The maximum absolute atomic E-state index is 13.1. The van der Waals surface area contributed by atoms with Gasteiger partial charge in [0.1, 0.15) is 5.82 Å². The second kappa shape index (κ2) is 5.77. The topological polar surface area (TPSA) is 65.3 Å². The van der Waals surface area contributed by atoms with Crippen molar-refractivity contribution in [2.75, 3.05) is 4.90 Å². The minimum Gasteiger partial charge on any atom is -0.271 e. The molecule has 4 rings (SSSR count). The molecule has 7 heteroatoms. The molecule has 2 atom stereocenters. The van der Waals surface area contributed by atoms with E-state index in [-0.39, 0.29) is 5.91 Å². The summed E-state index contributed by atoms with van der Waals surface area (Å²) in [6.45, 7) is 2.38. The lowest BCUT2D eigenvalue weighted by Crippen LogP contribution is -2.39. The Labute approximate surface area is 143 Å². The molecule has 0 unspecified atom stereocenters. The summed E-state index contributed by atoms with van der Waals surface area (Å²) in [4.78, 5) is 26.5. The summed E-state index contributed by atoms with van der Waals surface area (Å²) < 4.78 is 13.1. The number of imide groups is 1. The number of carbonyl (C=O) groups excluding carboxylic acids is 2. The molecule has 0 N–H and O–H groups in total. The van der Waals surface area contributed by atoms with Crippen molar-refractivity contribution in [3.8, 4) is 0 Å². The molecule has 2 amide bonds. The normalized spacial score (nSPS) is 22.0. The second-order valence-corrected chi connectivity index (χ2v) is 6.11. The summed E-state index contributed by atoms with van der Waals surface area (Å²) in [7, 11) is 0.